The third-order valence-electron chi connectivity index (χ3n) is 9.73. The second-order valence-corrected chi connectivity index (χ2v) is 15.6. The molecule has 0 aromatic carbocycles. The predicted octanol–water partition coefficient (Wildman–Crippen LogP) is 7.74. The van der Waals surface area contributed by atoms with E-state index in [1.54, 1.807) is 0 Å². The van der Waals surface area contributed by atoms with E-state index in [-0.39, 0.29) is 19.6 Å². The molecule has 0 aliphatic carbocycles. The Kier molecular flexibility index (Phi) is 30.6. The molecule has 1 saturated heterocycles. The van der Waals surface area contributed by atoms with Gasteiger partial charge in [-0.25, -0.2) is 4.18 Å². The number of hydrogen-bond donors (Lipinski definition) is 4. The van der Waals surface area contributed by atoms with Gasteiger partial charge in [0.1, 0.15) is 30.5 Å². The average Bonchev–Trinajstić information content (AvgIpc) is 3.11. The van der Waals surface area contributed by atoms with Gasteiger partial charge >= 0.3 is 16.4 Å². The first-order valence-corrected chi connectivity index (χ1v) is 22.2. The van der Waals surface area contributed by atoms with Crippen molar-refractivity contribution in [1.29, 1.82) is 0 Å². The van der Waals surface area contributed by atoms with Gasteiger partial charge in [-0.2, -0.15) is 8.42 Å². The van der Waals surface area contributed by atoms with Crippen LogP contribution in [0.15, 0.2) is 0 Å². The molecule has 1 fully saturated rings. The lowest BCUT2D eigenvalue weighted by molar-refractivity contribution is -0.301. The summed E-state index contributed by atoms with van der Waals surface area (Å²) in [7, 11) is -5.05. The lowest BCUT2D eigenvalue weighted by atomic mass is 9.99. The smallest absolute Gasteiger partial charge is 0.397 e. The van der Waals surface area contributed by atoms with E-state index in [1.807, 2.05) is 0 Å². The van der Waals surface area contributed by atoms with Gasteiger partial charge in [0.2, 0.25) is 0 Å². The zero-order valence-electron chi connectivity index (χ0n) is 32.6. The first-order valence-electron chi connectivity index (χ1n) is 20.8. The van der Waals surface area contributed by atoms with Crippen LogP contribution in [0, 0.1) is 0 Å². The Morgan fingerprint density at radius 1 is 0.654 bits per heavy atom. The van der Waals surface area contributed by atoms with Gasteiger partial charge in [-0.15, -0.1) is 0 Å². The second-order valence-electron chi connectivity index (χ2n) is 14.6. The summed E-state index contributed by atoms with van der Waals surface area (Å²) in [4.78, 5) is 12.7. The molecule has 4 N–H and O–H groups in total. The number of hydrogen-bond acceptors (Lipinski definition) is 11. The fourth-order valence-electron chi connectivity index (χ4n) is 6.56. The van der Waals surface area contributed by atoms with Crippen LogP contribution in [0.1, 0.15) is 181 Å². The number of ether oxygens (including phenoxy) is 4. The molecule has 12 nitrogen and oxygen atoms in total. The third-order valence-corrected chi connectivity index (χ3v) is 10.2. The van der Waals surface area contributed by atoms with Crippen molar-refractivity contribution in [2.24, 2.45) is 0 Å². The summed E-state index contributed by atoms with van der Waals surface area (Å²) in [6.45, 7) is 3.95. The van der Waals surface area contributed by atoms with Gasteiger partial charge in [-0.05, 0) is 12.8 Å². The summed E-state index contributed by atoms with van der Waals surface area (Å²) in [5.41, 5.74) is 0. The molecule has 0 aromatic heterocycles. The lowest BCUT2D eigenvalue weighted by Gasteiger charge is -2.41. The highest BCUT2D eigenvalue weighted by atomic mass is 32.3. The van der Waals surface area contributed by atoms with Crippen LogP contribution in [0.4, 0.5) is 0 Å². The van der Waals surface area contributed by atoms with Crippen molar-refractivity contribution in [3.05, 3.63) is 0 Å². The van der Waals surface area contributed by atoms with Crippen LogP contribution in [0.25, 0.3) is 0 Å². The molecule has 52 heavy (non-hydrogen) atoms. The first kappa shape index (κ1) is 49.1. The largest absolute Gasteiger partial charge is 0.457 e. The maximum atomic E-state index is 12.7. The van der Waals surface area contributed by atoms with E-state index in [9.17, 15) is 28.5 Å². The minimum atomic E-state index is -5.05. The van der Waals surface area contributed by atoms with Crippen molar-refractivity contribution in [1.82, 2.24) is 0 Å². The fraction of sp³-hybridized carbons (Fsp3) is 0.974. The van der Waals surface area contributed by atoms with E-state index in [2.05, 4.69) is 18.0 Å². The van der Waals surface area contributed by atoms with E-state index in [0.29, 0.717) is 13.0 Å². The summed E-state index contributed by atoms with van der Waals surface area (Å²) in [5, 5.41) is 30.5. The molecule has 1 aliphatic heterocycles. The summed E-state index contributed by atoms with van der Waals surface area (Å²) in [5.74, 6) is -0.403. The monoisotopic (exact) mass is 769 g/mol. The molecular weight excluding hydrogens is 692 g/mol. The molecule has 1 aliphatic rings. The Morgan fingerprint density at radius 3 is 1.54 bits per heavy atom. The van der Waals surface area contributed by atoms with Gasteiger partial charge in [0.05, 0.1) is 19.8 Å². The van der Waals surface area contributed by atoms with Crippen LogP contribution >= 0.6 is 0 Å². The third kappa shape index (κ3) is 26.0. The summed E-state index contributed by atoms with van der Waals surface area (Å²) >= 11 is 0. The van der Waals surface area contributed by atoms with Gasteiger partial charge < -0.3 is 34.3 Å². The molecule has 0 spiro atoms. The van der Waals surface area contributed by atoms with Crippen LogP contribution in [0.5, 0.6) is 0 Å². The highest BCUT2D eigenvalue weighted by molar-refractivity contribution is 7.80. The van der Waals surface area contributed by atoms with Gasteiger partial charge in [0.15, 0.2) is 6.29 Å². The van der Waals surface area contributed by atoms with Crippen LogP contribution < -0.4 is 0 Å². The molecule has 310 valence electrons. The maximum Gasteiger partial charge on any atom is 0.397 e. The van der Waals surface area contributed by atoms with E-state index >= 15 is 0 Å². The second kappa shape index (κ2) is 32.4. The number of unbranched alkanes of at least 4 members (excludes halogenated alkanes) is 23. The molecule has 0 saturated carbocycles. The number of aliphatic hydroxyl groups is 3. The quantitative estimate of drug-likeness (QED) is 0.0277. The van der Waals surface area contributed by atoms with Crippen molar-refractivity contribution in [2.75, 3.05) is 26.4 Å². The molecule has 0 radical (unpaired) electrons. The first-order chi connectivity index (χ1) is 25.1. The summed E-state index contributed by atoms with van der Waals surface area (Å²) < 4.78 is 58.7. The summed E-state index contributed by atoms with van der Waals surface area (Å²) in [6, 6.07) is 0. The minimum Gasteiger partial charge on any atom is -0.457 e. The molecule has 0 aromatic rings. The highest BCUT2D eigenvalue weighted by Gasteiger charge is 2.48. The molecule has 1 rings (SSSR count). The minimum absolute atomic E-state index is 0.0432. The van der Waals surface area contributed by atoms with Crippen molar-refractivity contribution in [2.45, 2.75) is 218 Å². The van der Waals surface area contributed by atoms with Crippen molar-refractivity contribution < 1.29 is 56.2 Å². The van der Waals surface area contributed by atoms with Crippen molar-refractivity contribution >= 4 is 16.4 Å². The van der Waals surface area contributed by atoms with Crippen LogP contribution in [0.3, 0.4) is 0 Å². The van der Waals surface area contributed by atoms with E-state index in [1.165, 1.54) is 116 Å². The molecule has 6 unspecified atom stereocenters. The summed E-state index contributed by atoms with van der Waals surface area (Å²) in [6.07, 6.45) is 21.7. The van der Waals surface area contributed by atoms with Crippen LogP contribution in [-0.2, 0) is 38.3 Å². The van der Waals surface area contributed by atoms with Crippen molar-refractivity contribution in [3.8, 4) is 0 Å². The molecular formula is C39H76O12S. The van der Waals surface area contributed by atoms with E-state index < -0.39 is 59.8 Å². The Labute approximate surface area is 316 Å². The molecule has 0 bridgehead atoms. The Morgan fingerprint density at radius 2 is 1.10 bits per heavy atom. The number of rotatable bonds is 36. The average molecular weight is 769 g/mol. The Balaban J connectivity index is 2.37. The number of carbonyl (C=O) groups excluding carboxylic acids is 1. The van der Waals surface area contributed by atoms with Gasteiger partial charge in [0.25, 0.3) is 0 Å². The number of aliphatic hydroxyl groups excluding tert-OH is 3. The SMILES string of the molecule is CCCCCCCCCCCCCCCCCCCCOCC(COC1OC(CO)C(O)C(OS(=O)(=O)O)C1O)OC(=O)CCCCCCCCC. The standard InChI is InChI=1S/C39H76O12S/c1-3-5-7-9-11-12-13-14-15-16-17-18-19-20-21-23-25-27-29-47-31-33(49-35(41)28-26-24-22-10-8-6-4-2)32-48-39-37(43)38(51-52(44,45)46)36(42)34(30-40)50-39/h33-34,36-40,42-43H,3-32H2,1-2H3,(H,44,45,46). The normalized spacial score (nSPS) is 21.4. The van der Waals surface area contributed by atoms with Gasteiger partial charge in [0, 0.05) is 13.0 Å². The zero-order chi connectivity index (χ0) is 38.3. The Bertz CT molecular complexity index is 936. The van der Waals surface area contributed by atoms with Gasteiger partial charge in [-0.3, -0.25) is 9.35 Å². The maximum absolute atomic E-state index is 12.7. The molecule has 13 heteroatoms. The molecule has 6 atom stereocenters. The van der Waals surface area contributed by atoms with E-state index in [0.717, 1.165) is 38.5 Å². The Hall–Kier alpha value is -0.900. The van der Waals surface area contributed by atoms with Gasteiger partial charge in [-0.1, -0.05) is 162 Å². The van der Waals surface area contributed by atoms with Crippen LogP contribution in [-0.4, -0.2) is 97.5 Å². The topological polar surface area (TPSA) is 178 Å². The van der Waals surface area contributed by atoms with E-state index in [4.69, 9.17) is 23.5 Å². The predicted molar refractivity (Wildman–Crippen MR) is 202 cm³/mol. The van der Waals surface area contributed by atoms with Crippen LogP contribution in [0.2, 0.25) is 0 Å². The zero-order valence-corrected chi connectivity index (χ0v) is 33.5. The highest BCUT2D eigenvalue weighted by Crippen LogP contribution is 2.26. The molecule has 0 amide bonds. The molecule has 1 heterocycles. The number of carbonyl (C=O) groups is 1. The van der Waals surface area contributed by atoms with Crippen molar-refractivity contribution in [3.63, 3.8) is 0 Å². The fourth-order valence-corrected chi connectivity index (χ4v) is 7.06. The number of esters is 1. The lowest BCUT2D eigenvalue weighted by Crippen LogP contribution is -2.60.